The highest BCUT2D eigenvalue weighted by molar-refractivity contribution is 5.96. The molecule has 1 aromatic rings. The van der Waals surface area contributed by atoms with Crippen LogP contribution in [0.15, 0.2) is 24.3 Å². The van der Waals surface area contributed by atoms with Crippen LogP contribution in [0.25, 0.3) is 0 Å². The number of nitrogens with two attached hydrogens (primary N) is 1. The molecule has 0 saturated heterocycles. The van der Waals surface area contributed by atoms with E-state index in [9.17, 15) is 4.79 Å². The normalized spacial score (nSPS) is 13.7. The third kappa shape index (κ3) is 3.96. The van der Waals surface area contributed by atoms with Crippen LogP contribution in [0, 0.1) is 5.41 Å². The first-order valence-electron chi connectivity index (χ1n) is 6.80. The zero-order valence-corrected chi connectivity index (χ0v) is 12.0. The lowest BCUT2D eigenvalue weighted by Crippen LogP contribution is -2.39. The lowest BCUT2D eigenvalue weighted by atomic mass is 9.86. The maximum absolute atomic E-state index is 12.3. The quantitative estimate of drug-likeness (QED) is 0.796. The van der Waals surface area contributed by atoms with Gasteiger partial charge in [-0.1, -0.05) is 26.0 Å². The van der Waals surface area contributed by atoms with E-state index in [0.717, 1.165) is 6.42 Å². The topological polar surface area (TPSA) is 64.3 Å². The van der Waals surface area contributed by atoms with E-state index in [4.69, 9.17) is 10.5 Å². The molecule has 1 atom stereocenters. The first kappa shape index (κ1) is 15.5. The van der Waals surface area contributed by atoms with E-state index in [1.807, 2.05) is 45.0 Å². The molecule has 0 saturated carbocycles. The smallest absolute Gasteiger partial charge is 0.231 e. The van der Waals surface area contributed by atoms with Crippen LogP contribution in [0.1, 0.15) is 33.6 Å². The molecular formula is C15H24N2O2. The first-order chi connectivity index (χ1) is 9.07. The minimum Gasteiger partial charge on any atom is -0.491 e. The number of hydrogen-bond donors (Lipinski definition) is 2. The maximum atomic E-state index is 12.3. The Morgan fingerprint density at radius 3 is 2.63 bits per heavy atom. The van der Waals surface area contributed by atoms with Gasteiger partial charge < -0.3 is 15.8 Å². The second kappa shape index (κ2) is 7.14. The Kier molecular flexibility index (Phi) is 5.83. The van der Waals surface area contributed by atoms with Gasteiger partial charge in [0, 0.05) is 6.54 Å². The molecule has 0 bridgehead atoms. The van der Waals surface area contributed by atoms with Gasteiger partial charge in [0.15, 0.2) is 0 Å². The average molecular weight is 264 g/mol. The Labute approximate surface area is 115 Å². The summed E-state index contributed by atoms with van der Waals surface area (Å²) in [6.45, 7) is 6.84. The highest BCUT2D eigenvalue weighted by Crippen LogP contribution is 2.27. The molecule has 0 aliphatic heterocycles. The van der Waals surface area contributed by atoms with E-state index in [1.165, 1.54) is 0 Å². The fraction of sp³-hybridized carbons (Fsp3) is 0.533. The van der Waals surface area contributed by atoms with Crippen LogP contribution < -0.4 is 15.8 Å². The summed E-state index contributed by atoms with van der Waals surface area (Å²) in [6, 6.07) is 7.47. The molecule has 0 radical (unpaired) electrons. The zero-order valence-electron chi connectivity index (χ0n) is 12.0. The summed E-state index contributed by atoms with van der Waals surface area (Å²) in [5.74, 6) is 0.637. The van der Waals surface area contributed by atoms with Crippen LogP contribution in [0.5, 0.6) is 5.75 Å². The van der Waals surface area contributed by atoms with E-state index >= 15 is 0 Å². The standard InChI is InChI=1S/C15H24N2O2/c1-4-10-19-13-9-7-6-8-12(13)17-14(18)15(3,5-2)11-16/h6-9H,4-5,10-11,16H2,1-3H3,(H,17,18). The summed E-state index contributed by atoms with van der Waals surface area (Å²) in [5.41, 5.74) is 5.86. The van der Waals surface area contributed by atoms with Crippen molar-refractivity contribution in [1.29, 1.82) is 0 Å². The van der Waals surface area contributed by atoms with Gasteiger partial charge in [0.25, 0.3) is 0 Å². The van der Waals surface area contributed by atoms with Crippen molar-refractivity contribution in [3.05, 3.63) is 24.3 Å². The molecule has 0 fully saturated rings. The average Bonchev–Trinajstić information content (AvgIpc) is 2.45. The molecule has 4 heteroatoms. The van der Waals surface area contributed by atoms with Crippen LogP contribution in [-0.2, 0) is 4.79 Å². The summed E-state index contributed by atoms with van der Waals surface area (Å²) < 4.78 is 5.62. The van der Waals surface area contributed by atoms with Crippen molar-refractivity contribution in [2.75, 3.05) is 18.5 Å². The second-order valence-electron chi connectivity index (χ2n) is 4.92. The monoisotopic (exact) mass is 264 g/mol. The largest absolute Gasteiger partial charge is 0.491 e. The number of carbonyl (C=O) groups is 1. The fourth-order valence-corrected chi connectivity index (χ4v) is 1.58. The number of rotatable bonds is 7. The van der Waals surface area contributed by atoms with Gasteiger partial charge in [-0.25, -0.2) is 0 Å². The SMILES string of the molecule is CCCOc1ccccc1NC(=O)C(C)(CC)CN. The molecule has 0 aromatic heterocycles. The summed E-state index contributed by atoms with van der Waals surface area (Å²) >= 11 is 0. The number of carbonyl (C=O) groups excluding carboxylic acids is 1. The molecule has 1 rings (SSSR count). The lowest BCUT2D eigenvalue weighted by Gasteiger charge is -2.25. The van der Waals surface area contributed by atoms with Gasteiger partial charge >= 0.3 is 0 Å². The number of nitrogens with one attached hydrogen (secondary N) is 1. The Morgan fingerprint density at radius 1 is 1.37 bits per heavy atom. The van der Waals surface area contributed by atoms with Gasteiger partial charge in [-0.3, -0.25) is 4.79 Å². The van der Waals surface area contributed by atoms with Crippen molar-refractivity contribution < 1.29 is 9.53 Å². The van der Waals surface area contributed by atoms with Crippen molar-refractivity contribution in [3.63, 3.8) is 0 Å². The maximum Gasteiger partial charge on any atom is 0.231 e. The van der Waals surface area contributed by atoms with Crippen molar-refractivity contribution >= 4 is 11.6 Å². The Balaban J connectivity index is 2.84. The van der Waals surface area contributed by atoms with E-state index < -0.39 is 5.41 Å². The van der Waals surface area contributed by atoms with Gasteiger partial charge in [-0.05, 0) is 31.9 Å². The molecule has 1 amide bonds. The Bertz CT molecular complexity index is 414. The summed E-state index contributed by atoms with van der Waals surface area (Å²) in [5, 5.41) is 2.92. The van der Waals surface area contributed by atoms with E-state index in [1.54, 1.807) is 0 Å². The van der Waals surface area contributed by atoms with E-state index in [-0.39, 0.29) is 5.91 Å². The molecule has 3 N–H and O–H groups in total. The highest BCUT2D eigenvalue weighted by Gasteiger charge is 2.30. The summed E-state index contributed by atoms with van der Waals surface area (Å²) in [4.78, 5) is 12.3. The zero-order chi connectivity index (χ0) is 14.3. The molecule has 0 aliphatic rings. The van der Waals surface area contributed by atoms with Crippen molar-refractivity contribution in [2.24, 2.45) is 11.1 Å². The van der Waals surface area contributed by atoms with Crippen LogP contribution >= 0.6 is 0 Å². The molecule has 0 aliphatic carbocycles. The van der Waals surface area contributed by atoms with Gasteiger partial charge in [0.1, 0.15) is 5.75 Å². The molecule has 0 heterocycles. The minimum absolute atomic E-state index is 0.0648. The number of ether oxygens (including phenoxy) is 1. The Morgan fingerprint density at radius 2 is 2.05 bits per heavy atom. The summed E-state index contributed by atoms with van der Waals surface area (Å²) in [7, 11) is 0. The molecule has 4 nitrogen and oxygen atoms in total. The third-order valence-corrected chi connectivity index (χ3v) is 3.38. The van der Waals surface area contributed by atoms with Crippen LogP contribution in [-0.4, -0.2) is 19.1 Å². The van der Waals surface area contributed by atoms with Crippen LogP contribution in [0.4, 0.5) is 5.69 Å². The van der Waals surface area contributed by atoms with E-state index in [0.29, 0.717) is 31.0 Å². The molecule has 1 unspecified atom stereocenters. The highest BCUT2D eigenvalue weighted by atomic mass is 16.5. The Hall–Kier alpha value is -1.55. The number of amides is 1. The fourth-order valence-electron chi connectivity index (χ4n) is 1.58. The van der Waals surface area contributed by atoms with Crippen molar-refractivity contribution in [1.82, 2.24) is 0 Å². The number of anilines is 1. The lowest BCUT2D eigenvalue weighted by molar-refractivity contribution is -0.124. The molecular weight excluding hydrogens is 240 g/mol. The number of benzene rings is 1. The van der Waals surface area contributed by atoms with Crippen LogP contribution in [0.2, 0.25) is 0 Å². The molecule has 0 spiro atoms. The van der Waals surface area contributed by atoms with Crippen LogP contribution in [0.3, 0.4) is 0 Å². The van der Waals surface area contributed by atoms with Gasteiger partial charge in [-0.15, -0.1) is 0 Å². The van der Waals surface area contributed by atoms with E-state index in [2.05, 4.69) is 5.32 Å². The third-order valence-electron chi connectivity index (χ3n) is 3.38. The second-order valence-corrected chi connectivity index (χ2v) is 4.92. The van der Waals surface area contributed by atoms with Crippen molar-refractivity contribution in [2.45, 2.75) is 33.6 Å². The molecule has 19 heavy (non-hydrogen) atoms. The van der Waals surface area contributed by atoms with Gasteiger partial charge in [0.05, 0.1) is 17.7 Å². The first-order valence-corrected chi connectivity index (χ1v) is 6.80. The number of para-hydroxylation sites is 2. The predicted molar refractivity (Wildman–Crippen MR) is 78.3 cm³/mol. The minimum atomic E-state index is -0.544. The van der Waals surface area contributed by atoms with Gasteiger partial charge in [-0.2, -0.15) is 0 Å². The van der Waals surface area contributed by atoms with Gasteiger partial charge in [0.2, 0.25) is 5.91 Å². The number of hydrogen-bond acceptors (Lipinski definition) is 3. The predicted octanol–water partition coefficient (Wildman–Crippen LogP) is 2.79. The molecule has 106 valence electrons. The summed E-state index contributed by atoms with van der Waals surface area (Å²) in [6.07, 6.45) is 1.63. The van der Waals surface area contributed by atoms with Crippen molar-refractivity contribution in [3.8, 4) is 5.75 Å². The molecule has 1 aromatic carbocycles.